The zero-order valence-electron chi connectivity index (χ0n) is 15.1. The van der Waals surface area contributed by atoms with E-state index < -0.39 is 0 Å². The van der Waals surface area contributed by atoms with Gasteiger partial charge in [0.05, 0.1) is 24.3 Å². The van der Waals surface area contributed by atoms with Crippen molar-refractivity contribution in [2.75, 3.05) is 33.4 Å². The van der Waals surface area contributed by atoms with Crippen molar-refractivity contribution in [2.24, 2.45) is 0 Å². The highest BCUT2D eigenvalue weighted by atomic mass is 35.5. The van der Waals surface area contributed by atoms with Crippen molar-refractivity contribution in [3.05, 3.63) is 40.4 Å². The van der Waals surface area contributed by atoms with Gasteiger partial charge >= 0.3 is 6.03 Å². The van der Waals surface area contributed by atoms with E-state index >= 15 is 0 Å². The van der Waals surface area contributed by atoms with Gasteiger partial charge in [0.1, 0.15) is 0 Å². The van der Waals surface area contributed by atoms with Gasteiger partial charge in [-0.05, 0) is 49.0 Å². The van der Waals surface area contributed by atoms with Crippen LogP contribution >= 0.6 is 11.6 Å². The van der Waals surface area contributed by atoms with Gasteiger partial charge in [-0.2, -0.15) is 5.26 Å². The van der Waals surface area contributed by atoms with E-state index in [1.807, 2.05) is 21.9 Å². The van der Waals surface area contributed by atoms with E-state index in [0.29, 0.717) is 30.3 Å². The molecule has 2 saturated heterocycles. The lowest BCUT2D eigenvalue weighted by Gasteiger charge is -2.34. The lowest BCUT2D eigenvalue weighted by atomic mass is 9.94. The van der Waals surface area contributed by atoms with Crippen molar-refractivity contribution in [3.8, 4) is 6.07 Å². The second kappa shape index (κ2) is 8.57. The number of hydrogen-bond acceptors (Lipinski definition) is 3. The molecule has 0 N–H and O–H groups in total. The van der Waals surface area contributed by atoms with Crippen LogP contribution in [0.5, 0.6) is 0 Å². The monoisotopic (exact) mass is 373 g/mol. The molecule has 0 aromatic heterocycles. The maximum absolute atomic E-state index is 12.8. The van der Waals surface area contributed by atoms with Gasteiger partial charge in [-0.25, -0.2) is 4.79 Å². The number of piperidine rings is 1. The number of benzene rings is 1. The van der Waals surface area contributed by atoms with E-state index in [4.69, 9.17) is 16.3 Å². The number of carbonyl (C=O) groups excluding carboxylic acids is 1. The Bertz CT molecular complexity index is 714. The summed E-state index contributed by atoms with van der Waals surface area (Å²) in [5.74, 6) is 0. The molecule has 2 heterocycles. The minimum absolute atomic E-state index is 0.105. The number of ether oxygens (including phenoxy) is 1. The quantitative estimate of drug-likeness (QED) is 0.754. The third-order valence-corrected chi connectivity index (χ3v) is 5.47. The van der Waals surface area contributed by atoms with Crippen molar-refractivity contribution >= 4 is 23.2 Å². The molecule has 5 nitrogen and oxygen atoms in total. The molecule has 0 radical (unpaired) electrons. The summed E-state index contributed by atoms with van der Waals surface area (Å²) >= 11 is 5.94. The zero-order chi connectivity index (χ0) is 18.5. The normalized spacial score (nSPS) is 20.2. The molecule has 2 amide bonds. The molecule has 0 spiro atoms. The van der Waals surface area contributed by atoms with E-state index in [1.165, 1.54) is 0 Å². The Labute approximate surface area is 159 Å². The second-order valence-electron chi connectivity index (χ2n) is 6.81. The first-order valence-corrected chi connectivity index (χ1v) is 9.44. The van der Waals surface area contributed by atoms with Crippen LogP contribution in [0.1, 0.15) is 31.2 Å². The van der Waals surface area contributed by atoms with E-state index in [2.05, 4.69) is 6.07 Å². The highest BCUT2D eigenvalue weighted by molar-refractivity contribution is 6.30. The molecule has 0 aliphatic carbocycles. The Morgan fingerprint density at radius 2 is 1.96 bits per heavy atom. The molecule has 2 fully saturated rings. The van der Waals surface area contributed by atoms with Gasteiger partial charge in [0.2, 0.25) is 0 Å². The van der Waals surface area contributed by atoms with Gasteiger partial charge in [-0.15, -0.1) is 0 Å². The number of nitrogens with zero attached hydrogens (tertiary/aromatic N) is 3. The molecule has 3 rings (SSSR count). The largest absolute Gasteiger partial charge is 0.383 e. The molecule has 0 bridgehead atoms. The summed E-state index contributed by atoms with van der Waals surface area (Å²) in [6.45, 7) is 2.71. The van der Waals surface area contributed by atoms with E-state index in [0.717, 1.165) is 43.4 Å². The van der Waals surface area contributed by atoms with Crippen molar-refractivity contribution in [3.63, 3.8) is 0 Å². The molecule has 26 heavy (non-hydrogen) atoms. The Balaban J connectivity index is 1.67. The summed E-state index contributed by atoms with van der Waals surface area (Å²) in [5.41, 5.74) is 2.73. The van der Waals surface area contributed by atoms with Gasteiger partial charge < -0.3 is 14.5 Å². The fourth-order valence-electron chi connectivity index (χ4n) is 3.82. The summed E-state index contributed by atoms with van der Waals surface area (Å²) in [6.07, 6.45) is 3.52. The summed E-state index contributed by atoms with van der Waals surface area (Å²) in [4.78, 5) is 16.7. The Morgan fingerprint density at radius 3 is 2.58 bits per heavy atom. The zero-order valence-corrected chi connectivity index (χ0v) is 15.8. The number of rotatable bonds is 3. The van der Waals surface area contributed by atoms with Crippen LogP contribution in [0.15, 0.2) is 29.8 Å². The number of likely N-dealkylation sites (tertiary alicyclic amines) is 2. The molecule has 1 aromatic rings. The Kier molecular flexibility index (Phi) is 6.18. The predicted octanol–water partition coefficient (Wildman–Crippen LogP) is 3.94. The Morgan fingerprint density at radius 1 is 1.27 bits per heavy atom. The van der Waals surface area contributed by atoms with Gasteiger partial charge in [0.25, 0.3) is 0 Å². The van der Waals surface area contributed by atoms with Crippen LogP contribution in [0.2, 0.25) is 5.02 Å². The van der Waals surface area contributed by atoms with Gasteiger partial charge in [0, 0.05) is 31.8 Å². The number of nitriles is 1. The molecular weight excluding hydrogens is 350 g/mol. The number of amides is 2. The van der Waals surface area contributed by atoms with Crippen molar-refractivity contribution < 1.29 is 9.53 Å². The maximum Gasteiger partial charge on any atom is 0.320 e. The highest BCUT2D eigenvalue weighted by Gasteiger charge is 2.32. The molecule has 1 atom stereocenters. The van der Waals surface area contributed by atoms with E-state index in [9.17, 15) is 10.1 Å². The van der Waals surface area contributed by atoms with Crippen LogP contribution in [0.25, 0.3) is 5.57 Å². The number of methoxy groups -OCH3 is 1. The van der Waals surface area contributed by atoms with E-state index in [-0.39, 0.29) is 12.1 Å². The lowest BCUT2D eigenvalue weighted by molar-refractivity contribution is 0.103. The molecule has 2 aliphatic heterocycles. The predicted molar refractivity (Wildman–Crippen MR) is 102 cm³/mol. The van der Waals surface area contributed by atoms with Crippen LogP contribution in [-0.4, -0.2) is 55.2 Å². The van der Waals surface area contributed by atoms with Crippen LogP contribution in [0.4, 0.5) is 4.79 Å². The summed E-state index contributed by atoms with van der Waals surface area (Å²) < 4.78 is 5.25. The molecule has 0 saturated carbocycles. The minimum atomic E-state index is 0.105. The molecule has 2 aliphatic rings. The third-order valence-electron chi connectivity index (χ3n) is 5.22. The van der Waals surface area contributed by atoms with Crippen molar-refractivity contribution in [1.29, 1.82) is 5.26 Å². The second-order valence-corrected chi connectivity index (χ2v) is 7.25. The van der Waals surface area contributed by atoms with Crippen LogP contribution < -0.4 is 0 Å². The first-order valence-electron chi connectivity index (χ1n) is 9.06. The minimum Gasteiger partial charge on any atom is -0.383 e. The fourth-order valence-corrected chi connectivity index (χ4v) is 3.94. The van der Waals surface area contributed by atoms with Gasteiger partial charge in [-0.1, -0.05) is 23.7 Å². The Hall–Kier alpha value is -2.03. The number of hydrogen-bond donors (Lipinski definition) is 0. The summed E-state index contributed by atoms with van der Waals surface area (Å²) in [7, 11) is 1.68. The number of allylic oxidation sites excluding steroid dienone is 1. The fraction of sp³-hybridized carbons (Fsp3) is 0.500. The standard InChI is InChI=1S/C20H24ClN3O2/c1-26-14-18-3-2-10-24(18)20(25)23-11-8-16(9-12-23)19(13-22)15-4-6-17(21)7-5-15/h4-7,18H,2-3,8-12,14H2,1H3/t18-/m0/s1. The maximum atomic E-state index is 12.8. The number of urea groups is 1. The molecule has 6 heteroatoms. The highest BCUT2D eigenvalue weighted by Crippen LogP contribution is 2.28. The van der Waals surface area contributed by atoms with Gasteiger partial charge in [-0.3, -0.25) is 0 Å². The third kappa shape index (κ3) is 4.03. The van der Waals surface area contributed by atoms with Crippen LogP contribution in [0.3, 0.4) is 0 Å². The summed E-state index contributed by atoms with van der Waals surface area (Å²) in [5, 5.41) is 10.3. The van der Waals surface area contributed by atoms with E-state index in [1.54, 1.807) is 19.2 Å². The van der Waals surface area contributed by atoms with Crippen LogP contribution in [0, 0.1) is 11.3 Å². The van der Waals surface area contributed by atoms with Crippen LogP contribution in [-0.2, 0) is 4.74 Å². The summed E-state index contributed by atoms with van der Waals surface area (Å²) in [6, 6.07) is 9.99. The average Bonchev–Trinajstić information content (AvgIpc) is 3.12. The molecule has 0 unspecified atom stereocenters. The molecule has 138 valence electrons. The topological polar surface area (TPSA) is 56.6 Å². The van der Waals surface area contributed by atoms with Crippen molar-refractivity contribution in [2.45, 2.75) is 31.7 Å². The average molecular weight is 374 g/mol. The molecule has 1 aromatic carbocycles. The lowest BCUT2D eigenvalue weighted by Crippen LogP contribution is -2.48. The first-order chi connectivity index (χ1) is 12.6. The SMILES string of the molecule is COC[C@@H]1CCCN1C(=O)N1CCC(=C(C#N)c2ccc(Cl)cc2)CC1. The van der Waals surface area contributed by atoms with Gasteiger partial charge in [0.15, 0.2) is 0 Å². The number of halogens is 1. The first kappa shape index (κ1) is 18.8. The number of carbonyl (C=O) groups is 1. The van der Waals surface area contributed by atoms with Crippen molar-refractivity contribution in [1.82, 2.24) is 9.80 Å². The molecular formula is C20H24ClN3O2. The smallest absolute Gasteiger partial charge is 0.320 e.